The highest BCUT2D eigenvalue weighted by atomic mass is 16.6. The topological polar surface area (TPSA) is 113 Å². The number of nitro groups is 1. The maximum absolute atomic E-state index is 11.6. The van der Waals surface area contributed by atoms with Crippen molar-refractivity contribution in [3.05, 3.63) is 33.9 Å². The number of nitrogens with zero attached hydrogens (tertiary/aromatic N) is 1. The van der Waals surface area contributed by atoms with Crippen LogP contribution in [0.4, 0.5) is 16.2 Å². The largest absolute Gasteiger partial charge is 0.376 e. The first-order chi connectivity index (χ1) is 10.3. The number of hydrogen-bond acceptors (Lipinski definition) is 5. The van der Waals surface area contributed by atoms with Crippen molar-refractivity contribution in [2.45, 2.75) is 20.8 Å². The van der Waals surface area contributed by atoms with Crippen molar-refractivity contribution >= 4 is 23.3 Å². The van der Waals surface area contributed by atoms with Gasteiger partial charge < -0.3 is 10.6 Å². The lowest BCUT2D eigenvalue weighted by atomic mass is 10.2. The molecular formula is C14H20N4O4. The predicted molar refractivity (Wildman–Crippen MR) is 82.7 cm³/mol. The van der Waals surface area contributed by atoms with Gasteiger partial charge in [-0.1, -0.05) is 19.9 Å². The van der Waals surface area contributed by atoms with E-state index in [1.165, 1.54) is 12.1 Å². The van der Waals surface area contributed by atoms with Crippen LogP contribution in [-0.2, 0) is 4.79 Å². The van der Waals surface area contributed by atoms with Gasteiger partial charge in [-0.25, -0.2) is 4.79 Å². The van der Waals surface area contributed by atoms with Crippen LogP contribution in [0.2, 0.25) is 0 Å². The molecule has 0 aliphatic carbocycles. The summed E-state index contributed by atoms with van der Waals surface area (Å²) in [5.74, 6) is -0.237. The van der Waals surface area contributed by atoms with Crippen LogP contribution in [0, 0.1) is 23.0 Å². The quantitative estimate of drug-likeness (QED) is 0.548. The van der Waals surface area contributed by atoms with Crippen molar-refractivity contribution < 1.29 is 14.5 Å². The molecule has 0 saturated carbocycles. The number of imide groups is 1. The number of non-ortho nitro benzene ring substituents is 1. The average molecular weight is 308 g/mol. The van der Waals surface area contributed by atoms with E-state index in [2.05, 4.69) is 16.0 Å². The number of anilines is 1. The molecule has 1 aromatic rings. The Kier molecular flexibility index (Phi) is 6.30. The third-order valence-electron chi connectivity index (χ3n) is 2.80. The first-order valence-corrected chi connectivity index (χ1v) is 6.86. The third-order valence-corrected chi connectivity index (χ3v) is 2.80. The van der Waals surface area contributed by atoms with E-state index < -0.39 is 16.9 Å². The molecule has 0 aromatic heterocycles. The van der Waals surface area contributed by atoms with Gasteiger partial charge in [-0.3, -0.25) is 20.2 Å². The zero-order valence-electron chi connectivity index (χ0n) is 12.8. The summed E-state index contributed by atoms with van der Waals surface area (Å²) in [6, 6.07) is 3.77. The van der Waals surface area contributed by atoms with Gasteiger partial charge in [0.1, 0.15) is 0 Å². The van der Waals surface area contributed by atoms with E-state index in [0.29, 0.717) is 12.2 Å². The van der Waals surface area contributed by atoms with Crippen LogP contribution in [0.1, 0.15) is 19.4 Å². The lowest BCUT2D eigenvalue weighted by molar-refractivity contribution is -0.384. The van der Waals surface area contributed by atoms with Crippen LogP contribution in [0.25, 0.3) is 0 Å². The maximum atomic E-state index is 11.6. The maximum Gasteiger partial charge on any atom is 0.321 e. The second kappa shape index (κ2) is 7.96. The summed E-state index contributed by atoms with van der Waals surface area (Å²) in [7, 11) is 0. The Morgan fingerprint density at radius 3 is 2.59 bits per heavy atom. The standard InChI is InChI=1S/C14H20N4O4/c1-9(2)7-16-14(20)17-13(19)8-15-12-6-11(18(21)22)5-4-10(12)3/h4-6,9,15H,7-8H2,1-3H3,(H2,16,17,19,20). The molecule has 3 amide bonds. The van der Waals surface area contributed by atoms with Crippen molar-refractivity contribution in [2.24, 2.45) is 5.92 Å². The number of carbonyl (C=O) groups is 2. The Morgan fingerprint density at radius 1 is 1.32 bits per heavy atom. The van der Waals surface area contributed by atoms with Crippen molar-refractivity contribution in [3.8, 4) is 0 Å². The van der Waals surface area contributed by atoms with Crippen LogP contribution in [0.15, 0.2) is 18.2 Å². The summed E-state index contributed by atoms with van der Waals surface area (Å²) >= 11 is 0. The monoisotopic (exact) mass is 308 g/mol. The van der Waals surface area contributed by atoms with E-state index in [0.717, 1.165) is 5.56 Å². The number of carbonyl (C=O) groups excluding carboxylic acids is 2. The van der Waals surface area contributed by atoms with Gasteiger partial charge in [-0.05, 0) is 18.4 Å². The van der Waals surface area contributed by atoms with E-state index in [4.69, 9.17) is 0 Å². The van der Waals surface area contributed by atoms with E-state index >= 15 is 0 Å². The second-order valence-electron chi connectivity index (χ2n) is 5.26. The number of nitro benzene ring substituents is 1. The highest BCUT2D eigenvalue weighted by Crippen LogP contribution is 2.21. The normalized spacial score (nSPS) is 10.2. The number of aryl methyl sites for hydroxylation is 1. The van der Waals surface area contributed by atoms with Crippen LogP contribution < -0.4 is 16.0 Å². The van der Waals surface area contributed by atoms with E-state index in [1.54, 1.807) is 13.0 Å². The molecule has 0 unspecified atom stereocenters. The molecule has 0 aliphatic heterocycles. The smallest absolute Gasteiger partial charge is 0.321 e. The summed E-state index contributed by atoms with van der Waals surface area (Å²) in [4.78, 5) is 33.3. The first kappa shape index (κ1) is 17.4. The predicted octanol–water partition coefficient (Wildman–Crippen LogP) is 1.80. The Labute approximate surface area is 128 Å². The Balaban J connectivity index is 2.52. The number of nitrogens with one attached hydrogen (secondary N) is 3. The highest BCUT2D eigenvalue weighted by Gasteiger charge is 2.11. The van der Waals surface area contributed by atoms with Gasteiger partial charge in [0.05, 0.1) is 11.5 Å². The molecule has 3 N–H and O–H groups in total. The lowest BCUT2D eigenvalue weighted by Crippen LogP contribution is -2.43. The summed E-state index contributed by atoms with van der Waals surface area (Å²) < 4.78 is 0. The first-order valence-electron chi connectivity index (χ1n) is 6.86. The van der Waals surface area contributed by atoms with Crippen LogP contribution in [0.3, 0.4) is 0 Å². The molecule has 8 heteroatoms. The van der Waals surface area contributed by atoms with Gasteiger partial charge in [0.2, 0.25) is 5.91 Å². The molecule has 0 aliphatic rings. The minimum Gasteiger partial charge on any atom is -0.376 e. The van der Waals surface area contributed by atoms with Gasteiger partial charge in [-0.2, -0.15) is 0 Å². The minimum atomic E-state index is -0.559. The molecule has 0 spiro atoms. The molecular weight excluding hydrogens is 288 g/mol. The van der Waals surface area contributed by atoms with E-state index in [-0.39, 0.29) is 18.2 Å². The highest BCUT2D eigenvalue weighted by molar-refractivity contribution is 5.96. The summed E-state index contributed by atoms with van der Waals surface area (Å²) in [5, 5.41) is 18.2. The van der Waals surface area contributed by atoms with Crippen LogP contribution in [0.5, 0.6) is 0 Å². The zero-order chi connectivity index (χ0) is 16.7. The number of hydrogen-bond donors (Lipinski definition) is 3. The fourth-order valence-corrected chi connectivity index (χ4v) is 1.60. The summed E-state index contributed by atoms with van der Waals surface area (Å²) in [6.07, 6.45) is 0. The number of benzene rings is 1. The van der Waals surface area contributed by atoms with Gasteiger partial charge in [0.15, 0.2) is 0 Å². The molecule has 120 valence electrons. The molecule has 0 fully saturated rings. The van der Waals surface area contributed by atoms with Crippen molar-refractivity contribution in [3.63, 3.8) is 0 Å². The summed E-state index contributed by atoms with van der Waals surface area (Å²) in [5.41, 5.74) is 1.18. The fraction of sp³-hybridized carbons (Fsp3) is 0.429. The number of amides is 3. The van der Waals surface area contributed by atoms with Crippen LogP contribution in [-0.4, -0.2) is 30.0 Å². The molecule has 0 heterocycles. The SMILES string of the molecule is Cc1ccc([N+](=O)[O-])cc1NCC(=O)NC(=O)NCC(C)C. The minimum absolute atomic E-state index is 0.0665. The van der Waals surface area contributed by atoms with Gasteiger partial charge in [0, 0.05) is 24.4 Å². The Hall–Kier alpha value is -2.64. The molecule has 0 saturated heterocycles. The Bertz CT molecular complexity index is 572. The zero-order valence-corrected chi connectivity index (χ0v) is 12.8. The van der Waals surface area contributed by atoms with Crippen molar-refractivity contribution in [1.82, 2.24) is 10.6 Å². The molecule has 1 aromatic carbocycles. The van der Waals surface area contributed by atoms with Crippen molar-refractivity contribution in [2.75, 3.05) is 18.4 Å². The third kappa shape index (κ3) is 5.78. The molecule has 0 bridgehead atoms. The van der Waals surface area contributed by atoms with Gasteiger partial charge in [-0.15, -0.1) is 0 Å². The van der Waals surface area contributed by atoms with E-state index in [1.807, 2.05) is 13.8 Å². The van der Waals surface area contributed by atoms with Crippen LogP contribution >= 0.6 is 0 Å². The molecule has 22 heavy (non-hydrogen) atoms. The lowest BCUT2D eigenvalue weighted by Gasteiger charge is -2.11. The molecule has 1 rings (SSSR count). The van der Waals surface area contributed by atoms with E-state index in [9.17, 15) is 19.7 Å². The Morgan fingerprint density at radius 2 is 2.00 bits per heavy atom. The molecule has 0 atom stereocenters. The fourth-order valence-electron chi connectivity index (χ4n) is 1.60. The summed E-state index contributed by atoms with van der Waals surface area (Å²) in [6.45, 7) is 5.95. The number of urea groups is 1. The molecule has 8 nitrogen and oxygen atoms in total. The number of rotatable bonds is 6. The van der Waals surface area contributed by atoms with Crippen molar-refractivity contribution in [1.29, 1.82) is 0 Å². The van der Waals surface area contributed by atoms with Gasteiger partial charge in [0.25, 0.3) is 5.69 Å². The average Bonchev–Trinajstić information content (AvgIpc) is 2.44. The molecule has 0 radical (unpaired) electrons. The van der Waals surface area contributed by atoms with Gasteiger partial charge >= 0.3 is 6.03 Å². The second-order valence-corrected chi connectivity index (χ2v) is 5.26.